The smallest absolute Gasteiger partial charge is 0.0409 e. The third-order valence-electron chi connectivity index (χ3n) is 4.23. The van der Waals surface area contributed by atoms with E-state index in [-0.39, 0.29) is 5.41 Å². The molecular formula is C17H26ClN. The highest BCUT2D eigenvalue weighted by Crippen LogP contribution is 2.45. The second kappa shape index (κ2) is 6.28. The molecule has 1 unspecified atom stereocenters. The summed E-state index contributed by atoms with van der Waals surface area (Å²) in [5.41, 5.74) is 3.16. The molecule has 2 rings (SSSR count). The number of hydrogen-bond acceptors (Lipinski definition) is 1. The van der Waals surface area contributed by atoms with E-state index >= 15 is 0 Å². The summed E-state index contributed by atoms with van der Waals surface area (Å²) in [4.78, 5) is 0. The maximum atomic E-state index is 6.16. The molecule has 1 aliphatic rings. The quantitative estimate of drug-likeness (QED) is 0.712. The number of unbranched alkanes of at least 4 members (excludes halogenated alkanes) is 3. The lowest BCUT2D eigenvalue weighted by Gasteiger charge is -2.28. The SMILES string of the molecule is CCCCCCNC1c2cc(Cl)ccc2CC1(C)C. The van der Waals surface area contributed by atoms with E-state index in [0.29, 0.717) is 6.04 Å². The van der Waals surface area contributed by atoms with Crippen LogP contribution in [0.25, 0.3) is 0 Å². The van der Waals surface area contributed by atoms with E-state index in [1.807, 2.05) is 6.07 Å². The van der Waals surface area contributed by atoms with Gasteiger partial charge in [-0.2, -0.15) is 0 Å². The van der Waals surface area contributed by atoms with Crippen molar-refractivity contribution in [3.63, 3.8) is 0 Å². The molecule has 19 heavy (non-hydrogen) atoms. The first kappa shape index (κ1) is 14.9. The van der Waals surface area contributed by atoms with Gasteiger partial charge < -0.3 is 5.32 Å². The minimum Gasteiger partial charge on any atom is -0.309 e. The van der Waals surface area contributed by atoms with E-state index in [1.165, 1.54) is 36.8 Å². The first-order chi connectivity index (χ1) is 9.04. The summed E-state index contributed by atoms with van der Waals surface area (Å²) in [7, 11) is 0. The zero-order valence-corrected chi connectivity index (χ0v) is 13.2. The highest BCUT2D eigenvalue weighted by Gasteiger charge is 2.38. The van der Waals surface area contributed by atoms with Crippen LogP contribution in [0.2, 0.25) is 5.02 Å². The van der Waals surface area contributed by atoms with Crippen molar-refractivity contribution < 1.29 is 0 Å². The number of nitrogens with one attached hydrogen (secondary N) is 1. The Morgan fingerprint density at radius 3 is 2.79 bits per heavy atom. The Hall–Kier alpha value is -0.530. The normalized spacial score (nSPS) is 20.5. The van der Waals surface area contributed by atoms with Gasteiger partial charge in [-0.3, -0.25) is 0 Å². The molecule has 0 saturated carbocycles. The van der Waals surface area contributed by atoms with Crippen LogP contribution in [0.1, 0.15) is 63.6 Å². The Morgan fingerprint density at radius 1 is 1.26 bits per heavy atom. The molecule has 1 N–H and O–H groups in total. The second-order valence-corrected chi connectivity index (χ2v) is 6.89. The van der Waals surface area contributed by atoms with E-state index in [2.05, 4.69) is 38.2 Å². The maximum absolute atomic E-state index is 6.16. The number of rotatable bonds is 6. The van der Waals surface area contributed by atoms with Gasteiger partial charge in [0, 0.05) is 11.1 Å². The molecule has 0 aliphatic heterocycles. The molecule has 0 fully saturated rings. The summed E-state index contributed by atoms with van der Waals surface area (Å²) in [5.74, 6) is 0. The summed E-state index contributed by atoms with van der Waals surface area (Å²) in [6.45, 7) is 8.07. The van der Waals surface area contributed by atoms with Crippen LogP contribution in [-0.2, 0) is 6.42 Å². The molecule has 0 heterocycles. The van der Waals surface area contributed by atoms with Crippen LogP contribution in [0.4, 0.5) is 0 Å². The monoisotopic (exact) mass is 279 g/mol. The van der Waals surface area contributed by atoms with E-state index in [0.717, 1.165) is 18.0 Å². The lowest BCUT2D eigenvalue weighted by Crippen LogP contribution is -2.31. The Bertz CT molecular complexity index is 425. The molecule has 1 nitrogen and oxygen atoms in total. The minimum atomic E-state index is 0.289. The average molecular weight is 280 g/mol. The number of fused-ring (bicyclic) bond motifs is 1. The Morgan fingerprint density at radius 2 is 2.05 bits per heavy atom. The van der Waals surface area contributed by atoms with E-state index < -0.39 is 0 Å². The average Bonchev–Trinajstić information content (AvgIpc) is 2.60. The van der Waals surface area contributed by atoms with Crippen LogP contribution in [-0.4, -0.2) is 6.54 Å². The lowest BCUT2D eigenvalue weighted by atomic mass is 9.85. The molecule has 1 aromatic carbocycles. The molecule has 1 aliphatic carbocycles. The molecule has 2 heteroatoms. The molecule has 0 bridgehead atoms. The van der Waals surface area contributed by atoms with Crippen LogP contribution in [0.15, 0.2) is 18.2 Å². The van der Waals surface area contributed by atoms with Crippen molar-refractivity contribution in [3.8, 4) is 0 Å². The molecular weight excluding hydrogens is 254 g/mol. The standard InChI is InChI=1S/C17H26ClN/c1-4-5-6-7-10-19-16-15-11-14(18)9-8-13(15)12-17(16,2)3/h8-9,11,16,19H,4-7,10,12H2,1-3H3. The van der Waals surface area contributed by atoms with Crippen molar-refractivity contribution in [1.82, 2.24) is 5.32 Å². The first-order valence-corrected chi connectivity index (χ1v) is 7.94. The fourth-order valence-electron chi connectivity index (χ4n) is 3.19. The lowest BCUT2D eigenvalue weighted by molar-refractivity contribution is 0.268. The minimum absolute atomic E-state index is 0.289. The number of benzene rings is 1. The zero-order valence-electron chi connectivity index (χ0n) is 12.4. The van der Waals surface area contributed by atoms with Gasteiger partial charge in [0.1, 0.15) is 0 Å². The molecule has 0 radical (unpaired) electrons. The fraction of sp³-hybridized carbons (Fsp3) is 0.647. The fourth-order valence-corrected chi connectivity index (χ4v) is 3.37. The van der Waals surface area contributed by atoms with Crippen molar-refractivity contribution >= 4 is 11.6 Å². The third-order valence-corrected chi connectivity index (χ3v) is 4.46. The Balaban J connectivity index is 2.00. The van der Waals surface area contributed by atoms with Gasteiger partial charge in [-0.05, 0) is 48.1 Å². The van der Waals surface area contributed by atoms with Crippen LogP contribution < -0.4 is 5.32 Å². The number of halogens is 1. The molecule has 106 valence electrons. The first-order valence-electron chi connectivity index (χ1n) is 7.56. The van der Waals surface area contributed by atoms with Gasteiger partial charge in [-0.1, -0.05) is 57.7 Å². The van der Waals surface area contributed by atoms with Gasteiger partial charge in [0.15, 0.2) is 0 Å². The largest absolute Gasteiger partial charge is 0.309 e. The topological polar surface area (TPSA) is 12.0 Å². The summed E-state index contributed by atoms with van der Waals surface area (Å²) >= 11 is 6.16. The van der Waals surface area contributed by atoms with Crippen LogP contribution in [0.5, 0.6) is 0 Å². The predicted molar refractivity (Wildman–Crippen MR) is 83.8 cm³/mol. The van der Waals surface area contributed by atoms with Crippen LogP contribution >= 0.6 is 11.6 Å². The molecule has 1 atom stereocenters. The van der Waals surface area contributed by atoms with Crippen molar-refractivity contribution in [2.45, 2.75) is 58.9 Å². The summed E-state index contributed by atoms with van der Waals surface area (Å²) in [6, 6.07) is 6.80. The Kier molecular flexibility index (Phi) is 4.92. The van der Waals surface area contributed by atoms with Gasteiger partial charge in [-0.15, -0.1) is 0 Å². The molecule has 0 amide bonds. The Labute approximate surface area is 122 Å². The molecule has 0 saturated heterocycles. The highest BCUT2D eigenvalue weighted by atomic mass is 35.5. The predicted octanol–water partition coefficient (Wildman–Crippen LogP) is 5.13. The van der Waals surface area contributed by atoms with Crippen molar-refractivity contribution in [2.75, 3.05) is 6.54 Å². The van der Waals surface area contributed by atoms with Gasteiger partial charge in [0.2, 0.25) is 0 Å². The summed E-state index contributed by atoms with van der Waals surface area (Å²) < 4.78 is 0. The summed E-state index contributed by atoms with van der Waals surface area (Å²) in [6.07, 6.45) is 6.40. The summed E-state index contributed by atoms with van der Waals surface area (Å²) in [5, 5.41) is 4.61. The van der Waals surface area contributed by atoms with Gasteiger partial charge in [0.05, 0.1) is 0 Å². The molecule has 0 spiro atoms. The third kappa shape index (κ3) is 3.52. The second-order valence-electron chi connectivity index (χ2n) is 6.46. The van der Waals surface area contributed by atoms with Crippen molar-refractivity contribution in [1.29, 1.82) is 0 Å². The van der Waals surface area contributed by atoms with Crippen molar-refractivity contribution in [2.24, 2.45) is 5.41 Å². The van der Waals surface area contributed by atoms with Crippen molar-refractivity contribution in [3.05, 3.63) is 34.3 Å². The molecule has 1 aromatic rings. The van der Waals surface area contributed by atoms with Crippen LogP contribution in [0.3, 0.4) is 0 Å². The number of hydrogen-bond donors (Lipinski definition) is 1. The van der Waals surface area contributed by atoms with E-state index in [1.54, 1.807) is 0 Å². The zero-order chi connectivity index (χ0) is 13.9. The van der Waals surface area contributed by atoms with Gasteiger partial charge in [0.25, 0.3) is 0 Å². The van der Waals surface area contributed by atoms with E-state index in [4.69, 9.17) is 11.6 Å². The van der Waals surface area contributed by atoms with Gasteiger partial charge in [-0.25, -0.2) is 0 Å². The molecule has 0 aromatic heterocycles. The maximum Gasteiger partial charge on any atom is 0.0409 e. The van der Waals surface area contributed by atoms with Gasteiger partial charge >= 0.3 is 0 Å². The van der Waals surface area contributed by atoms with Crippen LogP contribution in [0, 0.1) is 5.41 Å². The highest BCUT2D eigenvalue weighted by molar-refractivity contribution is 6.30. The van der Waals surface area contributed by atoms with E-state index in [9.17, 15) is 0 Å².